The maximum atomic E-state index is 10.9. The van der Waals surface area contributed by atoms with E-state index in [1.165, 1.54) is 0 Å². The number of H-pyrrole nitrogens is 1. The highest BCUT2D eigenvalue weighted by atomic mass is 16.5. The summed E-state index contributed by atoms with van der Waals surface area (Å²) in [5.74, 6) is 1.40. The Labute approximate surface area is 155 Å². The van der Waals surface area contributed by atoms with Crippen LogP contribution in [0.1, 0.15) is 5.56 Å². The first-order valence-electron chi connectivity index (χ1n) is 8.38. The van der Waals surface area contributed by atoms with E-state index in [-0.39, 0.29) is 11.6 Å². The van der Waals surface area contributed by atoms with Crippen LogP contribution in [-0.4, -0.2) is 28.0 Å². The molecule has 0 aliphatic heterocycles. The fourth-order valence-corrected chi connectivity index (χ4v) is 3.06. The minimum absolute atomic E-state index is 0.00378. The van der Waals surface area contributed by atoms with Crippen LogP contribution in [0, 0.1) is 5.41 Å². The third kappa shape index (κ3) is 2.97. The molecule has 0 bridgehead atoms. The number of hydrogen-bond donors (Lipinski definition) is 4. The molecule has 1 heterocycles. The van der Waals surface area contributed by atoms with Crippen LogP contribution in [0.2, 0.25) is 0 Å². The summed E-state index contributed by atoms with van der Waals surface area (Å²) in [5.41, 5.74) is 9.80. The Bertz CT molecular complexity index is 1160. The molecule has 0 unspecified atom stereocenters. The molecule has 4 aromatic rings. The number of benzene rings is 3. The SMILES string of the molecule is COc1cccc(-c2cccc(-c3nc4ccc(C(=N)N)cc4[nH]3)c2O)c1. The van der Waals surface area contributed by atoms with Crippen LogP contribution in [0.25, 0.3) is 33.5 Å². The minimum atomic E-state index is -0.00378. The van der Waals surface area contributed by atoms with Crippen molar-refractivity contribution in [1.29, 1.82) is 5.41 Å². The molecule has 0 saturated carbocycles. The van der Waals surface area contributed by atoms with Crippen molar-refractivity contribution in [3.8, 4) is 34.0 Å². The Kier molecular flexibility index (Phi) is 4.01. The molecule has 3 aromatic carbocycles. The molecule has 0 atom stereocenters. The number of methoxy groups -OCH3 is 1. The number of aromatic nitrogens is 2. The van der Waals surface area contributed by atoms with Crippen LogP contribution in [0.4, 0.5) is 0 Å². The molecule has 0 spiro atoms. The van der Waals surface area contributed by atoms with Crippen LogP contribution in [0.3, 0.4) is 0 Å². The van der Waals surface area contributed by atoms with Gasteiger partial charge in [-0.1, -0.05) is 24.3 Å². The van der Waals surface area contributed by atoms with Gasteiger partial charge < -0.3 is 20.6 Å². The maximum absolute atomic E-state index is 10.9. The molecule has 0 saturated heterocycles. The van der Waals surface area contributed by atoms with Gasteiger partial charge in [0.25, 0.3) is 0 Å². The zero-order valence-corrected chi connectivity index (χ0v) is 14.7. The van der Waals surface area contributed by atoms with E-state index in [9.17, 15) is 5.11 Å². The third-order valence-electron chi connectivity index (χ3n) is 4.46. The van der Waals surface area contributed by atoms with Crippen molar-refractivity contribution in [3.63, 3.8) is 0 Å². The number of fused-ring (bicyclic) bond motifs is 1. The van der Waals surface area contributed by atoms with Crippen LogP contribution in [-0.2, 0) is 0 Å². The smallest absolute Gasteiger partial charge is 0.142 e. The fraction of sp³-hybridized carbons (Fsp3) is 0.0476. The van der Waals surface area contributed by atoms with Crippen molar-refractivity contribution in [2.45, 2.75) is 0 Å². The van der Waals surface area contributed by atoms with Gasteiger partial charge in [0, 0.05) is 11.1 Å². The van der Waals surface area contributed by atoms with Crippen LogP contribution in [0.5, 0.6) is 11.5 Å². The second-order valence-corrected chi connectivity index (χ2v) is 6.16. The van der Waals surface area contributed by atoms with Gasteiger partial charge in [0.1, 0.15) is 23.2 Å². The number of hydrogen-bond acceptors (Lipinski definition) is 4. The lowest BCUT2D eigenvalue weighted by atomic mass is 10.0. The topological polar surface area (TPSA) is 108 Å². The number of rotatable bonds is 4. The summed E-state index contributed by atoms with van der Waals surface area (Å²) in [7, 11) is 1.61. The number of nitrogens with one attached hydrogen (secondary N) is 2. The second kappa shape index (κ2) is 6.49. The highest BCUT2D eigenvalue weighted by Gasteiger charge is 2.14. The standard InChI is InChI=1S/C21H18N4O2/c1-27-14-5-2-4-12(10-14)15-6-3-7-16(19(15)26)21-24-17-9-8-13(20(22)23)11-18(17)25-21/h2-11,26H,1H3,(H3,22,23)(H,24,25). The van der Waals surface area contributed by atoms with Gasteiger partial charge in [-0.05, 0) is 42.0 Å². The zero-order chi connectivity index (χ0) is 19.0. The van der Waals surface area contributed by atoms with E-state index in [0.29, 0.717) is 22.5 Å². The van der Waals surface area contributed by atoms with Gasteiger partial charge in [-0.25, -0.2) is 4.98 Å². The molecule has 0 aliphatic rings. The number of aromatic amines is 1. The Hall–Kier alpha value is -3.80. The Morgan fingerprint density at radius 3 is 2.63 bits per heavy atom. The molecule has 0 amide bonds. The van der Waals surface area contributed by atoms with Gasteiger partial charge in [-0.2, -0.15) is 0 Å². The predicted octanol–water partition coefficient (Wildman–Crippen LogP) is 3.90. The Morgan fingerprint density at radius 2 is 1.85 bits per heavy atom. The summed E-state index contributed by atoms with van der Waals surface area (Å²) in [5, 5.41) is 18.4. The number of para-hydroxylation sites is 1. The number of nitrogens with zero attached hydrogens (tertiary/aromatic N) is 1. The fourth-order valence-electron chi connectivity index (χ4n) is 3.06. The van der Waals surface area contributed by atoms with Crippen molar-refractivity contribution in [2.24, 2.45) is 5.73 Å². The quantitative estimate of drug-likeness (QED) is 0.328. The molecule has 0 fully saturated rings. The summed E-state index contributed by atoms with van der Waals surface area (Å²) in [4.78, 5) is 7.76. The van der Waals surface area contributed by atoms with Gasteiger partial charge in [0.2, 0.25) is 0 Å². The van der Waals surface area contributed by atoms with Crippen LogP contribution in [0.15, 0.2) is 60.7 Å². The largest absolute Gasteiger partial charge is 0.507 e. The van der Waals surface area contributed by atoms with Crippen molar-refractivity contribution in [3.05, 3.63) is 66.2 Å². The minimum Gasteiger partial charge on any atom is -0.507 e. The first-order chi connectivity index (χ1) is 13.1. The van der Waals surface area contributed by atoms with E-state index in [1.807, 2.05) is 42.5 Å². The average Bonchev–Trinajstić information content (AvgIpc) is 3.11. The number of phenols is 1. The van der Waals surface area contributed by atoms with Crippen molar-refractivity contribution >= 4 is 16.9 Å². The molecule has 5 N–H and O–H groups in total. The molecule has 0 aliphatic carbocycles. The number of imidazole rings is 1. The molecule has 6 heteroatoms. The van der Waals surface area contributed by atoms with Crippen LogP contribution >= 0.6 is 0 Å². The first-order valence-corrected chi connectivity index (χ1v) is 8.38. The molecule has 1 aromatic heterocycles. The summed E-state index contributed by atoms with van der Waals surface area (Å²) < 4.78 is 5.27. The van der Waals surface area contributed by atoms with Crippen LogP contribution < -0.4 is 10.5 Å². The van der Waals surface area contributed by atoms with E-state index in [2.05, 4.69) is 9.97 Å². The summed E-state index contributed by atoms with van der Waals surface area (Å²) in [6.45, 7) is 0. The van der Waals surface area contributed by atoms with E-state index in [1.54, 1.807) is 25.3 Å². The summed E-state index contributed by atoms with van der Waals surface area (Å²) in [6.07, 6.45) is 0. The molecule has 0 radical (unpaired) electrons. The number of ether oxygens (including phenoxy) is 1. The monoisotopic (exact) mass is 358 g/mol. The molecule has 6 nitrogen and oxygen atoms in total. The normalized spacial score (nSPS) is 10.9. The van der Waals surface area contributed by atoms with E-state index in [0.717, 1.165) is 22.3 Å². The number of nitrogen functional groups attached to an aromatic ring is 1. The summed E-state index contributed by atoms with van der Waals surface area (Å²) in [6, 6.07) is 18.4. The van der Waals surface area contributed by atoms with Gasteiger partial charge >= 0.3 is 0 Å². The predicted molar refractivity (Wildman–Crippen MR) is 106 cm³/mol. The molecular weight excluding hydrogens is 340 g/mol. The second-order valence-electron chi connectivity index (χ2n) is 6.16. The maximum Gasteiger partial charge on any atom is 0.142 e. The van der Waals surface area contributed by atoms with E-state index < -0.39 is 0 Å². The van der Waals surface area contributed by atoms with Crippen molar-refractivity contribution in [1.82, 2.24) is 9.97 Å². The third-order valence-corrected chi connectivity index (χ3v) is 4.46. The highest BCUT2D eigenvalue weighted by molar-refractivity contribution is 5.98. The van der Waals surface area contributed by atoms with Gasteiger partial charge in [0.05, 0.1) is 23.7 Å². The Balaban J connectivity index is 1.82. The molecular formula is C21H18N4O2. The number of amidine groups is 1. The van der Waals surface area contributed by atoms with Gasteiger partial charge in [-0.3, -0.25) is 5.41 Å². The summed E-state index contributed by atoms with van der Waals surface area (Å²) >= 11 is 0. The van der Waals surface area contributed by atoms with E-state index in [4.69, 9.17) is 15.9 Å². The van der Waals surface area contributed by atoms with Crippen molar-refractivity contribution < 1.29 is 9.84 Å². The number of aromatic hydroxyl groups is 1. The lowest BCUT2D eigenvalue weighted by Gasteiger charge is -2.09. The number of nitrogens with two attached hydrogens (primary N) is 1. The lowest BCUT2D eigenvalue weighted by molar-refractivity contribution is 0.415. The number of phenolic OH excluding ortho intramolecular Hbond substituents is 1. The molecule has 134 valence electrons. The highest BCUT2D eigenvalue weighted by Crippen LogP contribution is 2.38. The first kappa shape index (κ1) is 16.7. The molecule has 27 heavy (non-hydrogen) atoms. The van der Waals surface area contributed by atoms with Crippen molar-refractivity contribution in [2.75, 3.05) is 7.11 Å². The lowest BCUT2D eigenvalue weighted by Crippen LogP contribution is -2.10. The van der Waals surface area contributed by atoms with Gasteiger partial charge in [-0.15, -0.1) is 0 Å². The van der Waals surface area contributed by atoms with Gasteiger partial charge in [0.15, 0.2) is 0 Å². The van der Waals surface area contributed by atoms with E-state index >= 15 is 0 Å². The average molecular weight is 358 g/mol. The molecule has 4 rings (SSSR count). The Morgan fingerprint density at radius 1 is 1.07 bits per heavy atom. The zero-order valence-electron chi connectivity index (χ0n) is 14.7.